The van der Waals surface area contributed by atoms with E-state index in [9.17, 15) is 18.3 Å². The van der Waals surface area contributed by atoms with E-state index < -0.39 is 52.3 Å². The lowest BCUT2D eigenvalue weighted by atomic mass is 10.3. The third kappa shape index (κ3) is 5.41. The van der Waals surface area contributed by atoms with E-state index >= 15 is 0 Å². The molecule has 2 rings (SSSR count). The topological polar surface area (TPSA) is 181 Å². The Kier molecular flexibility index (Phi) is 5.95. The van der Waals surface area contributed by atoms with Gasteiger partial charge in [0.2, 0.25) is 0 Å². The van der Waals surface area contributed by atoms with Crippen LogP contribution in [-0.2, 0) is 22.7 Å². The second kappa shape index (κ2) is 7.28. The molecular formula is C8H14FN3O9P2S. The number of hydrogen-bond acceptors (Lipinski definition) is 8. The maximum Gasteiger partial charge on any atom is 0.481 e. The van der Waals surface area contributed by atoms with Crippen molar-refractivity contribution in [3.63, 3.8) is 0 Å². The molecule has 0 saturated carbocycles. The first-order valence-electron chi connectivity index (χ1n) is 6.20. The van der Waals surface area contributed by atoms with E-state index in [1.165, 1.54) is 0 Å². The number of ether oxygens (including phenoxy) is 1. The van der Waals surface area contributed by atoms with Gasteiger partial charge in [0, 0.05) is 5.75 Å². The van der Waals surface area contributed by atoms with Gasteiger partial charge in [-0.25, -0.2) is 18.3 Å². The molecule has 0 spiro atoms. The van der Waals surface area contributed by atoms with Crippen molar-refractivity contribution < 1.29 is 46.6 Å². The van der Waals surface area contributed by atoms with Gasteiger partial charge in [-0.1, -0.05) is 0 Å². The summed E-state index contributed by atoms with van der Waals surface area (Å²) in [5, 5.41) is 2.11. The largest absolute Gasteiger partial charge is 0.481 e. The van der Waals surface area contributed by atoms with E-state index in [-0.39, 0.29) is 11.6 Å². The van der Waals surface area contributed by atoms with Gasteiger partial charge in [0.1, 0.15) is 17.5 Å². The highest BCUT2D eigenvalue weighted by Gasteiger charge is 2.39. The molecule has 2 heterocycles. The third-order valence-corrected chi connectivity index (χ3v) is 6.02. The first-order chi connectivity index (χ1) is 11.0. The fourth-order valence-electron chi connectivity index (χ4n) is 1.80. The van der Waals surface area contributed by atoms with Crippen molar-refractivity contribution in [2.45, 2.75) is 11.7 Å². The first kappa shape index (κ1) is 19.6. The molecule has 0 aromatic rings. The Labute approximate surface area is 139 Å². The van der Waals surface area contributed by atoms with Gasteiger partial charge in [-0.3, -0.25) is 14.7 Å². The lowest BCUT2D eigenvalue weighted by Gasteiger charge is -2.31. The van der Waals surface area contributed by atoms with E-state index in [1.54, 1.807) is 0 Å². The Bertz CT molecular complexity index is 642. The standard InChI is InChI=1S/C8H14FN3O9P2S/c9-4-1-12(8(13)11-7(4)10)5-3-24-6(20-5)2-19-23(17,18)21-22(14,15)16/h5-6H,1-3,10H2,(H,11,13)(H,17,18)(H2,14,15,16). The minimum atomic E-state index is -5.21. The average Bonchev–Trinajstić information content (AvgIpc) is 2.87. The molecule has 12 nitrogen and oxygen atoms in total. The summed E-state index contributed by atoms with van der Waals surface area (Å²) in [6.07, 6.45) is -0.844. The van der Waals surface area contributed by atoms with Crippen LogP contribution < -0.4 is 11.1 Å². The Morgan fingerprint density at radius 3 is 2.75 bits per heavy atom. The summed E-state index contributed by atoms with van der Waals surface area (Å²) in [4.78, 5) is 38.9. The number of phosphoric acid groups is 2. The van der Waals surface area contributed by atoms with Crippen molar-refractivity contribution in [2.24, 2.45) is 5.73 Å². The lowest BCUT2D eigenvalue weighted by Crippen LogP contribution is -2.52. The van der Waals surface area contributed by atoms with Crippen LogP contribution in [0.2, 0.25) is 0 Å². The van der Waals surface area contributed by atoms with Gasteiger partial charge in [-0.15, -0.1) is 11.8 Å². The molecule has 0 bridgehead atoms. The molecule has 0 aromatic carbocycles. The van der Waals surface area contributed by atoms with Crippen LogP contribution in [0.5, 0.6) is 0 Å². The van der Waals surface area contributed by atoms with Crippen LogP contribution in [0, 0.1) is 0 Å². The molecule has 138 valence electrons. The molecule has 1 fully saturated rings. The number of rotatable bonds is 6. The molecule has 3 unspecified atom stereocenters. The quantitative estimate of drug-likeness (QED) is 0.365. The minimum Gasteiger partial charge on any atom is -0.383 e. The van der Waals surface area contributed by atoms with Gasteiger partial charge < -0.3 is 25.2 Å². The van der Waals surface area contributed by atoms with E-state index in [2.05, 4.69) is 14.2 Å². The number of nitrogens with one attached hydrogen (secondary N) is 1. The Morgan fingerprint density at radius 2 is 2.12 bits per heavy atom. The Morgan fingerprint density at radius 1 is 1.46 bits per heavy atom. The number of thioether (sulfide) groups is 1. The molecule has 2 aliphatic heterocycles. The summed E-state index contributed by atoms with van der Waals surface area (Å²) < 4.78 is 48.7. The van der Waals surface area contributed by atoms with Gasteiger partial charge in [0.25, 0.3) is 0 Å². The third-order valence-electron chi connectivity index (χ3n) is 2.77. The number of urea groups is 1. The Hall–Kier alpha value is -0.690. The van der Waals surface area contributed by atoms with Crippen LogP contribution in [-0.4, -0.2) is 56.2 Å². The number of nitrogens with two attached hydrogens (primary N) is 1. The monoisotopic (exact) mass is 409 g/mol. The summed E-state index contributed by atoms with van der Waals surface area (Å²) in [6.45, 7) is -0.943. The van der Waals surface area contributed by atoms with Crippen LogP contribution in [0.25, 0.3) is 0 Å². The second-order valence-corrected chi connectivity index (χ2v) is 8.59. The van der Waals surface area contributed by atoms with Crippen molar-refractivity contribution in [3.05, 3.63) is 11.6 Å². The van der Waals surface area contributed by atoms with Crippen LogP contribution in [0.3, 0.4) is 0 Å². The number of carbonyl (C=O) groups is 1. The second-order valence-electron chi connectivity index (χ2n) is 4.57. The van der Waals surface area contributed by atoms with Crippen LogP contribution in [0.15, 0.2) is 11.6 Å². The summed E-state index contributed by atoms with van der Waals surface area (Å²) in [5.74, 6) is -0.903. The highest BCUT2D eigenvalue weighted by atomic mass is 32.2. The zero-order valence-corrected chi connectivity index (χ0v) is 14.4. The van der Waals surface area contributed by atoms with Crippen molar-refractivity contribution >= 4 is 33.4 Å². The first-order valence-corrected chi connectivity index (χ1v) is 10.3. The average molecular weight is 409 g/mol. The van der Waals surface area contributed by atoms with Gasteiger partial charge in [-0.2, -0.15) is 4.31 Å². The fraction of sp³-hybridized carbons (Fsp3) is 0.625. The van der Waals surface area contributed by atoms with E-state index in [0.29, 0.717) is 0 Å². The van der Waals surface area contributed by atoms with Gasteiger partial charge >= 0.3 is 21.7 Å². The summed E-state index contributed by atoms with van der Waals surface area (Å²) >= 11 is 1.09. The van der Waals surface area contributed by atoms with Gasteiger partial charge in [0.15, 0.2) is 5.83 Å². The highest BCUT2D eigenvalue weighted by Crippen LogP contribution is 2.57. The summed E-state index contributed by atoms with van der Waals surface area (Å²) in [7, 11) is -10.2. The van der Waals surface area contributed by atoms with Crippen molar-refractivity contribution in [3.8, 4) is 0 Å². The molecule has 2 aliphatic rings. The van der Waals surface area contributed by atoms with Crippen molar-refractivity contribution in [1.29, 1.82) is 0 Å². The van der Waals surface area contributed by atoms with Crippen molar-refractivity contribution in [2.75, 3.05) is 18.9 Å². The van der Waals surface area contributed by atoms with Gasteiger partial charge in [-0.05, 0) is 0 Å². The molecule has 0 aliphatic carbocycles. The SMILES string of the molecule is NC1=C(F)CN(C2CSC(COP(=O)(O)OP(=O)(O)O)O2)C(=O)N1. The number of nitrogens with zero attached hydrogens (tertiary/aromatic N) is 1. The summed E-state index contributed by atoms with van der Waals surface area (Å²) in [6, 6.07) is -0.668. The zero-order valence-electron chi connectivity index (χ0n) is 11.8. The molecule has 6 N–H and O–H groups in total. The fourth-order valence-corrected chi connectivity index (χ4v) is 4.50. The number of halogens is 1. The predicted octanol–water partition coefficient (Wildman–Crippen LogP) is -0.249. The molecule has 0 aromatic heterocycles. The number of hydrogen-bond donors (Lipinski definition) is 5. The van der Waals surface area contributed by atoms with E-state index in [4.69, 9.17) is 25.2 Å². The van der Waals surface area contributed by atoms with Crippen LogP contribution in [0.4, 0.5) is 9.18 Å². The van der Waals surface area contributed by atoms with E-state index in [1.807, 2.05) is 0 Å². The molecular weight excluding hydrogens is 395 g/mol. The Balaban J connectivity index is 1.87. The molecule has 1 saturated heterocycles. The highest BCUT2D eigenvalue weighted by molar-refractivity contribution is 8.00. The van der Waals surface area contributed by atoms with Crippen molar-refractivity contribution in [1.82, 2.24) is 10.2 Å². The van der Waals surface area contributed by atoms with Crippen LogP contribution in [0.1, 0.15) is 0 Å². The maximum absolute atomic E-state index is 13.5. The molecule has 16 heteroatoms. The number of amides is 2. The zero-order chi connectivity index (χ0) is 18.1. The normalized spacial score (nSPS) is 28.0. The van der Waals surface area contributed by atoms with E-state index in [0.717, 1.165) is 16.7 Å². The lowest BCUT2D eigenvalue weighted by molar-refractivity contribution is -0.0362. The number of phosphoric ester groups is 1. The molecule has 2 amide bonds. The smallest absolute Gasteiger partial charge is 0.383 e. The number of carbonyl (C=O) groups excluding carboxylic acids is 1. The van der Waals surface area contributed by atoms with Gasteiger partial charge in [0.05, 0.1) is 13.2 Å². The summed E-state index contributed by atoms with van der Waals surface area (Å²) in [5.41, 5.74) is 4.41. The molecule has 0 radical (unpaired) electrons. The maximum atomic E-state index is 13.5. The van der Waals surface area contributed by atoms with Crippen LogP contribution >= 0.6 is 27.4 Å². The molecule has 3 atom stereocenters. The minimum absolute atomic E-state index is 0.212. The molecule has 24 heavy (non-hydrogen) atoms. The predicted molar refractivity (Wildman–Crippen MR) is 77.6 cm³/mol.